The Morgan fingerprint density at radius 3 is 2.57 bits per heavy atom. The number of nitrogens with zero attached hydrogens (tertiary/aromatic N) is 1. The summed E-state index contributed by atoms with van der Waals surface area (Å²) in [6, 6.07) is 13.3. The third-order valence-electron chi connectivity index (χ3n) is 5.68. The van der Waals surface area contributed by atoms with E-state index in [1.165, 1.54) is 50.0 Å². The topological polar surface area (TPSA) is 33.7 Å². The van der Waals surface area contributed by atoms with Gasteiger partial charge in [0.2, 0.25) is 0 Å². The fraction of sp³-hybridized carbons (Fsp3) is 0.478. The third kappa shape index (κ3) is 5.03. The molecule has 2 aliphatic rings. The molecule has 2 fully saturated rings. The van der Waals surface area contributed by atoms with Crippen LogP contribution in [-0.4, -0.2) is 37.7 Å². The summed E-state index contributed by atoms with van der Waals surface area (Å²) in [7, 11) is 1.66. The van der Waals surface area contributed by atoms with Crippen molar-refractivity contribution < 1.29 is 13.9 Å². The van der Waals surface area contributed by atoms with Gasteiger partial charge in [-0.1, -0.05) is 18.2 Å². The number of hydrogen-bond acceptors (Lipinski definition) is 4. The van der Waals surface area contributed by atoms with E-state index in [0.29, 0.717) is 12.4 Å². The van der Waals surface area contributed by atoms with Gasteiger partial charge in [-0.2, -0.15) is 0 Å². The van der Waals surface area contributed by atoms with Crippen LogP contribution < -0.4 is 14.8 Å². The zero-order valence-corrected chi connectivity index (χ0v) is 16.5. The first-order valence-electron chi connectivity index (χ1n) is 10.2. The number of rotatable bonds is 9. The van der Waals surface area contributed by atoms with Gasteiger partial charge >= 0.3 is 0 Å². The predicted octanol–water partition coefficient (Wildman–Crippen LogP) is 3.99. The summed E-state index contributed by atoms with van der Waals surface area (Å²) in [5.41, 5.74) is 2.11. The van der Waals surface area contributed by atoms with Gasteiger partial charge in [0.1, 0.15) is 12.4 Å². The summed E-state index contributed by atoms with van der Waals surface area (Å²) in [5.74, 6) is 1.95. The molecule has 4 rings (SSSR count). The zero-order valence-electron chi connectivity index (χ0n) is 16.5. The van der Waals surface area contributed by atoms with Crippen LogP contribution in [0.2, 0.25) is 0 Å². The highest BCUT2D eigenvalue weighted by Gasteiger charge is 2.33. The Morgan fingerprint density at radius 2 is 1.82 bits per heavy atom. The van der Waals surface area contributed by atoms with Crippen molar-refractivity contribution >= 4 is 0 Å². The Labute approximate surface area is 166 Å². The van der Waals surface area contributed by atoms with E-state index in [0.717, 1.165) is 36.4 Å². The highest BCUT2D eigenvalue weighted by atomic mass is 19.1. The Morgan fingerprint density at radius 1 is 1.04 bits per heavy atom. The van der Waals surface area contributed by atoms with Crippen LogP contribution in [0, 0.1) is 11.7 Å². The lowest BCUT2D eigenvalue weighted by atomic mass is 10.1. The van der Waals surface area contributed by atoms with Gasteiger partial charge in [-0.05, 0) is 73.7 Å². The Hall–Kier alpha value is -2.11. The molecule has 0 spiro atoms. The van der Waals surface area contributed by atoms with Crippen LogP contribution in [0.15, 0.2) is 42.5 Å². The number of methoxy groups -OCH3 is 1. The summed E-state index contributed by atoms with van der Waals surface area (Å²) in [5, 5.41) is 3.60. The van der Waals surface area contributed by atoms with Gasteiger partial charge < -0.3 is 19.7 Å². The van der Waals surface area contributed by atoms with Crippen molar-refractivity contribution in [3.63, 3.8) is 0 Å². The second kappa shape index (κ2) is 8.93. The highest BCUT2D eigenvalue weighted by molar-refractivity contribution is 5.43. The van der Waals surface area contributed by atoms with Gasteiger partial charge in [0, 0.05) is 19.1 Å². The number of hydrogen-bond donors (Lipinski definition) is 1. The lowest BCUT2D eigenvalue weighted by Gasteiger charge is -2.16. The molecular formula is C23H29FN2O2. The number of halogens is 1. The van der Waals surface area contributed by atoms with Gasteiger partial charge in [-0.3, -0.25) is 0 Å². The van der Waals surface area contributed by atoms with Crippen molar-refractivity contribution in [1.82, 2.24) is 10.2 Å². The molecule has 1 N–H and O–H groups in total. The molecular weight excluding hydrogens is 355 g/mol. The monoisotopic (exact) mass is 384 g/mol. The first-order chi connectivity index (χ1) is 13.7. The highest BCUT2D eigenvalue weighted by Crippen LogP contribution is 2.32. The van der Waals surface area contributed by atoms with Gasteiger partial charge in [0.05, 0.1) is 7.11 Å². The average Bonchev–Trinajstić information content (AvgIpc) is 3.47. The molecule has 1 saturated carbocycles. The van der Waals surface area contributed by atoms with Crippen molar-refractivity contribution in [3.8, 4) is 11.5 Å². The van der Waals surface area contributed by atoms with E-state index in [9.17, 15) is 4.39 Å². The van der Waals surface area contributed by atoms with Crippen LogP contribution in [0.3, 0.4) is 0 Å². The molecule has 2 aromatic rings. The van der Waals surface area contributed by atoms with E-state index in [-0.39, 0.29) is 5.82 Å². The maximum atomic E-state index is 13.0. The lowest BCUT2D eigenvalue weighted by Crippen LogP contribution is -2.27. The molecule has 0 aromatic heterocycles. The molecule has 1 atom stereocenters. The minimum absolute atomic E-state index is 0.240. The molecule has 5 heteroatoms. The third-order valence-corrected chi connectivity index (χ3v) is 5.68. The molecule has 1 saturated heterocycles. The standard InChI is InChI=1S/C23H29FN2O2/c1-27-23-12-18(13-25-14-19-10-11-26(15-19)21-7-8-21)4-9-22(23)28-16-17-2-5-20(24)6-3-17/h2-6,9,12,19,21,25H,7-8,10-11,13-16H2,1H3. The summed E-state index contributed by atoms with van der Waals surface area (Å²) < 4.78 is 24.4. The van der Waals surface area contributed by atoms with Crippen LogP contribution in [-0.2, 0) is 13.2 Å². The van der Waals surface area contributed by atoms with Crippen LogP contribution in [0.4, 0.5) is 4.39 Å². The van der Waals surface area contributed by atoms with E-state index in [1.807, 2.05) is 12.1 Å². The maximum absolute atomic E-state index is 13.0. The Kier molecular flexibility index (Phi) is 6.13. The molecule has 1 aliphatic heterocycles. The maximum Gasteiger partial charge on any atom is 0.161 e. The van der Waals surface area contributed by atoms with Gasteiger partial charge in [0.25, 0.3) is 0 Å². The molecule has 1 heterocycles. The predicted molar refractivity (Wildman–Crippen MR) is 108 cm³/mol. The quantitative estimate of drug-likeness (QED) is 0.709. The summed E-state index contributed by atoms with van der Waals surface area (Å²) in [4.78, 5) is 2.66. The molecule has 1 unspecified atom stereocenters. The number of likely N-dealkylation sites (tertiary alicyclic amines) is 1. The van der Waals surface area contributed by atoms with Crippen molar-refractivity contribution in [2.24, 2.45) is 5.92 Å². The molecule has 4 nitrogen and oxygen atoms in total. The van der Waals surface area contributed by atoms with Crippen molar-refractivity contribution in [1.29, 1.82) is 0 Å². The van der Waals surface area contributed by atoms with Gasteiger partial charge in [0.15, 0.2) is 11.5 Å². The SMILES string of the molecule is COc1cc(CNCC2CCN(C3CC3)C2)ccc1OCc1ccc(F)cc1. The smallest absolute Gasteiger partial charge is 0.161 e. The second-order valence-corrected chi connectivity index (χ2v) is 7.91. The second-order valence-electron chi connectivity index (χ2n) is 7.91. The molecule has 0 radical (unpaired) electrons. The van der Waals surface area contributed by atoms with Crippen LogP contribution in [0.25, 0.3) is 0 Å². The Bertz CT molecular complexity index is 777. The number of benzene rings is 2. The van der Waals surface area contributed by atoms with Gasteiger partial charge in [-0.25, -0.2) is 4.39 Å². The van der Waals surface area contributed by atoms with Crippen LogP contribution in [0.1, 0.15) is 30.4 Å². The van der Waals surface area contributed by atoms with Crippen molar-refractivity contribution in [2.45, 2.75) is 38.5 Å². The number of ether oxygens (including phenoxy) is 2. The van der Waals surface area contributed by atoms with E-state index < -0.39 is 0 Å². The lowest BCUT2D eigenvalue weighted by molar-refractivity contribution is 0.284. The van der Waals surface area contributed by atoms with E-state index in [1.54, 1.807) is 19.2 Å². The molecule has 0 bridgehead atoms. The first-order valence-corrected chi connectivity index (χ1v) is 10.2. The van der Waals surface area contributed by atoms with E-state index >= 15 is 0 Å². The van der Waals surface area contributed by atoms with E-state index in [2.05, 4.69) is 16.3 Å². The van der Waals surface area contributed by atoms with Gasteiger partial charge in [-0.15, -0.1) is 0 Å². The minimum Gasteiger partial charge on any atom is -0.493 e. The summed E-state index contributed by atoms with van der Waals surface area (Å²) >= 11 is 0. The number of nitrogens with one attached hydrogen (secondary N) is 1. The molecule has 2 aromatic carbocycles. The molecule has 1 aliphatic carbocycles. The molecule has 0 amide bonds. The minimum atomic E-state index is -0.240. The first kappa shape index (κ1) is 19.2. The zero-order chi connectivity index (χ0) is 19.3. The average molecular weight is 384 g/mol. The normalized spacial score (nSPS) is 19.7. The van der Waals surface area contributed by atoms with Crippen LogP contribution in [0.5, 0.6) is 11.5 Å². The molecule has 28 heavy (non-hydrogen) atoms. The van der Waals surface area contributed by atoms with Crippen molar-refractivity contribution in [2.75, 3.05) is 26.7 Å². The van der Waals surface area contributed by atoms with Crippen LogP contribution >= 0.6 is 0 Å². The summed E-state index contributed by atoms with van der Waals surface area (Å²) in [6.07, 6.45) is 4.11. The fourth-order valence-corrected chi connectivity index (χ4v) is 3.90. The van der Waals surface area contributed by atoms with E-state index in [4.69, 9.17) is 9.47 Å². The Balaban J connectivity index is 1.26. The fourth-order valence-electron chi connectivity index (χ4n) is 3.90. The molecule has 150 valence electrons. The largest absolute Gasteiger partial charge is 0.493 e. The van der Waals surface area contributed by atoms with Crippen molar-refractivity contribution in [3.05, 3.63) is 59.4 Å². The summed E-state index contributed by atoms with van der Waals surface area (Å²) in [6.45, 7) is 4.79.